The van der Waals surface area contributed by atoms with Crippen LogP contribution < -0.4 is 0 Å². The van der Waals surface area contributed by atoms with Gasteiger partial charge in [-0.15, -0.1) is 0 Å². The molecule has 0 saturated carbocycles. The fourth-order valence-electron chi connectivity index (χ4n) is 1.81. The van der Waals surface area contributed by atoms with Crippen molar-refractivity contribution in [3.63, 3.8) is 0 Å². The fraction of sp³-hybridized carbons (Fsp3) is 0.0667. The molecule has 0 amide bonds. The summed E-state index contributed by atoms with van der Waals surface area (Å²) in [5, 5.41) is 3.57. The van der Waals surface area contributed by atoms with Crippen molar-refractivity contribution in [3.05, 3.63) is 63.7 Å². The number of esters is 1. The molecule has 0 radical (unpaired) electrons. The zero-order valence-electron chi connectivity index (χ0n) is 11.4. The molecule has 0 aliphatic carbocycles. The van der Waals surface area contributed by atoms with Gasteiger partial charge in [0.25, 0.3) is 0 Å². The number of hydrogen-bond donors (Lipinski definition) is 0. The number of benzene rings is 1. The standard InChI is InChI=1S/C15H8Cl2FNO4/c16-10-6-11(17)12(18)5-9(10)15(20)22-7-8-4-14(23-19-8)13-2-1-3-21-13/h1-6H,7H2. The summed E-state index contributed by atoms with van der Waals surface area (Å²) in [5.41, 5.74) is 0.249. The number of furan rings is 1. The minimum absolute atomic E-state index is 0.00201. The lowest BCUT2D eigenvalue weighted by atomic mass is 10.2. The number of halogens is 3. The van der Waals surface area contributed by atoms with Gasteiger partial charge in [0.1, 0.15) is 18.1 Å². The summed E-state index contributed by atoms with van der Waals surface area (Å²) in [4.78, 5) is 11.9. The monoisotopic (exact) mass is 355 g/mol. The van der Waals surface area contributed by atoms with Crippen LogP contribution in [0.25, 0.3) is 11.5 Å². The van der Waals surface area contributed by atoms with E-state index >= 15 is 0 Å². The SMILES string of the molecule is O=C(OCc1cc(-c2ccco2)on1)c1cc(F)c(Cl)cc1Cl. The van der Waals surface area contributed by atoms with Crippen LogP contribution in [0.15, 0.2) is 45.5 Å². The Morgan fingerprint density at radius 3 is 2.78 bits per heavy atom. The first-order valence-electron chi connectivity index (χ1n) is 6.35. The highest BCUT2D eigenvalue weighted by Gasteiger charge is 2.17. The third-order valence-electron chi connectivity index (χ3n) is 2.90. The Hall–Kier alpha value is -2.31. The number of aromatic nitrogens is 1. The average molecular weight is 356 g/mol. The molecule has 8 heteroatoms. The van der Waals surface area contributed by atoms with Gasteiger partial charge >= 0.3 is 5.97 Å². The number of rotatable bonds is 4. The van der Waals surface area contributed by atoms with Gasteiger partial charge in [-0.25, -0.2) is 9.18 Å². The van der Waals surface area contributed by atoms with Crippen molar-refractivity contribution in [1.82, 2.24) is 5.16 Å². The Bertz CT molecular complexity index is 845. The van der Waals surface area contributed by atoms with Crippen molar-refractivity contribution in [2.75, 3.05) is 0 Å². The number of hydrogen-bond acceptors (Lipinski definition) is 5. The highest BCUT2D eigenvalue weighted by Crippen LogP contribution is 2.25. The maximum Gasteiger partial charge on any atom is 0.340 e. The maximum atomic E-state index is 13.4. The van der Waals surface area contributed by atoms with Crippen molar-refractivity contribution in [2.45, 2.75) is 6.61 Å². The summed E-state index contributed by atoms with van der Waals surface area (Å²) in [5.74, 6) is -0.660. The number of ether oxygens (including phenoxy) is 1. The maximum absolute atomic E-state index is 13.4. The van der Waals surface area contributed by atoms with E-state index in [4.69, 9.17) is 36.9 Å². The van der Waals surface area contributed by atoms with E-state index in [-0.39, 0.29) is 22.2 Å². The van der Waals surface area contributed by atoms with Crippen LogP contribution in [0.1, 0.15) is 16.1 Å². The summed E-state index contributed by atoms with van der Waals surface area (Å²) in [6.45, 7) is -0.163. The van der Waals surface area contributed by atoms with Gasteiger partial charge in [-0.3, -0.25) is 0 Å². The zero-order chi connectivity index (χ0) is 16.4. The van der Waals surface area contributed by atoms with E-state index in [1.165, 1.54) is 6.26 Å². The fourth-order valence-corrected chi connectivity index (χ4v) is 2.27. The van der Waals surface area contributed by atoms with E-state index in [0.29, 0.717) is 17.2 Å². The average Bonchev–Trinajstić information content (AvgIpc) is 3.19. The molecule has 3 rings (SSSR count). The van der Waals surface area contributed by atoms with E-state index in [1.54, 1.807) is 18.2 Å². The lowest BCUT2D eigenvalue weighted by Crippen LogP contribution is -2.06. The van der Waals surface area contributed by atoms with Crippen LogP contribution in [0, 0.1) is 5.82 Å². The van der Waals surface area contributed by atoms with Crippen LogP contribution in [0.2, 0.25) is 10.0 Å². The first kappa shape index (κ1) is 15.6. The second kappa shape index (κ2) is 6.44. The molecule has 0 atom stereocenters. The molecule has 0 spiro atoms. The molecule has 0 aliphatic heterocycles. The Labute approximate surface area is 139 Å². The Kier molecular flexibility index (Phi) is 4.36. The van der Waals surface area contributed by atoms with Gasteiger partial charge in [0.2, 0.25) is 5.76 Å². The lowest BCUT2D eigenvalue weighted by molar-refractivity contribution is 0.0464. The van der Waals surface area contributed by atoms with Crippen LogP contribution in [-0.4, -0.2) is 11.1 Å². The summed E-state index contributed by atoms with van der Waals surface area (Å²) in [6, 6.07) is 7.03. The normalized spacial score (nSPS) is 10.7. The van der Waals surface area contributed by atoms with Crippen molar-refractivity contribution >= 4 is 29.2 Å². The summed E-state index contributed by atoms with van der Waals surface area (Å²) >= 11 is 11.4. The molecule has 0 N–H and O–H groups in total. The molecular formula is C15H8Cl2FNO4. The first-order chi connectivity index (χ1) is 11.0. The third-order valence-corrected chi connectivity index (χ3v) is 3.51. The topological polar surface area (TPSA) is 65.5 Å². The van der Waals surface area contributed by atoms with Crippen LogP contribution in [0.4, 0.5) is 4.39 Å². The van der Waals surface area contributed by atoms with Crippen molar-refractivity contribution in [2.24, 2.45) is 0 Å². The molecule has 0 aliphatic rings. The molecule has 23 heavy (non-hydrogen) atoms. The molecular weight excluding hydrogens is 348 g/mol. The predicted molar refractivity (Wildman–Crippen MR) is 79.7 cm³/mol. The van der Waals surface area contributed by atoms with Gasteiger partial charge in [-0.05, 0) is 24.3 Å². The van der Waals surface area contributed by atoms with E-state index in [2.05, 4.69) is 5.16 Å². The lowest BCUT2D eigenvalue weighted by Gasteiger charge is -2.05. The van der Waals surface area contributed by atoms with E-state index in [9.17, 15) is 9.18 Å². The largest absolute Gasteiger partial charge is 0.461 e. The molecule has 0 fully saturated rings. The Morgan fingerprint density at radius 1 is 1.22 bits per heavy atom. The number of carbonyl (C=O) groups excluding carboxylic acids is 1. The molecule has 0 saturated heterocycles. The Balaban J connectivity index is 1.69. The molecule has 0 unspecified atom stereocenters. The second-order valence-corrected chi connectivity index (χ2v) is 5.30. The van der Waals surface area contributed by atoms with Gasteiger partial charge < -0.3 is 13.7 Å². The quantitative estimate of drug-likeness (QED) is 0.499. The van der Waals surface area contributed by atoms with Crippen LogP contribution >= 0.6 is 23.2 Å². The first-order valence-corrected chi connectivity index (χ1v) is 7.11. The highest BCUT2D eigenvalue weighted by atomic mass is 35.5. The van der Waals surface area contributed by atoms with Crippen LogP contribution in [-0.2, 0) is 11.3 Å². The molecule has 0 bridgehead atoms. The third kappa shape index (κ3) is 3.38. The van der Waals surface area contributed by atoms with Gasteiger partial charge in [0.15, 0.2) is 5.76 Å². The molecule has 1 aromatic carbocycles. The zero-order valence-corrected chi connectivity index (χ0v) is 12.9. The van der Waals surface area contributed by atoms with E-state index in [1.807, 2.05) is 0 Å². The second-order valence-electron chi connectivity index (χ2n) is 4.48. The summed E-state index contributed by atoms with van der Waals surface area (Å²) in [7, 11) is 0. The molecule has 2 aromatic heterocycles. The Morgan fingerprint density at radius 2 is 2.04 bits per heavy atom. The van der Waals surface area contributed by atoms with Crippen LogP contribution in [0.3, 0.4) is 0 Å². The minimum Gasteiger partial charge on any atom is -0.461 e. The molecule has 2 heterocycles. The smallest absolute Gasteiger partial charge is 0.340 e. The number of carbonyl (C=O) groups is 1. The molecule has 118 valence electrons. The summed E-state index contributed by atoms with van der Waals surface area (Å²) in [6.07, 6.45) is 1.49. The van der Waals surface area contributed by atoms with E-state index < -0.39 is 11.8 Å². The van der Waals surface area contributed by atoms with Crippen molar-refractivity contribution in [3.8, 4) is 11.5 Å². The molecule has 3 aromatic rings. The van der Waals surface area contributed by atoms with Crippen molar-refractivity contribution < 1.29 is 22.9 Å². The van der Waals surface area contributed by atoms with E-state index in [0.717, 1.165) is 12.1 Å². The molecule has 5 nitrogen and oxygen atoms in total. The minimum atomic E-state index is -0.798. The van der Waals surface area contributed by atoms with Gasteiger partial charge in [0, 0.05) is 6.07 Å². The van der Waals surface area contributed by atoms with Gasteiger partial charge in [-0.1, -0.05) is 28.4 Å². The number of nitrogens with zero attached hydrogens (tertiary/aromatic N) is 1. The van der Waals surface area contributed by atoms with Gasteiger partial charge in [0.05, 0.1) is 21.9 Å². The predicted octanol–water partition coefficient (Wildman–Crippen LogP) is 4.74. The van der Waals surface area contributed by atoms with Crippen molar-refractivity contribution in [1.29, 1.82) is 0 Å². The van der Waals surface area contributed by atoms with Gasteiger partial charge in [-0.2, -0.15) is 0 Å². The highest BCUT2D eigenvalue weighted by molar-refractivity contribution is 6.36. The summed E-state index contributed by atoms with van der Waals surface area (Å²) < 4.78 is 28.7. The van der Waals surface area contributed by atoms with Crippen LogP contribution in [0.5, 0.6) is 0 Å².